The molecule has 2 N–H and O–H groups in total. The summed E-state index contributed by atoms with van der Waals surface area (Å²) >= 11 is 0. The maximum atomic E-state index is 11.1. The SMILES string of the molecule is CCCCCCCCCCCCCCCCOC(CCCCCCCC(O)CCCCCCCCCCC)C(O)CCCCCCCCCCC. The van der Waals surface area contributed by atoms with Crippen molar-refractivity contribution in [1.29, 1.82) is 0 Å². The van der Waals surface area contributed by atoms with E-state index in [1.807, 2.05) is 0 Å². The van der Waals surface area contributed by atoms with Gasteiger partial charge in [-0.2, -0.15) is 0 Å². The van der Waals surface area contributed by atoms with Crippen LogP contribution in [0.4, 0.5) is 0 Å². The fourth-order valence-electron chi connectivity index (χ4n) is 7.86. The van der Waals surface area contributed by atoms with Crippen molar-refractivity contribution in [1.82, 2.24) is 0 Å². The predicted octanol–water partition coefficient (Wildman–Crippen LogP) is 16.1. The Morgan fingerprint density at radius 1 is 0.294 bits per heavy atom. The lowest BCUT2D eigenvalue weighted by Crippen LogP contribution is -2.29. The quantitative estimate of drug-likeness (QED) is 0.0615. The standard InChI is InChI=1S/C48H98O3/c1-4-7-10-13-16-19-20-21-22-23-26-29-35-40-45-51-48(47(50)43-38-33-28-25-18-15-12-9-6-3)44-39-34-30-32-37-42-46(49)41-36-31-27-24-17-14-11-8-5-2/h46-50H,4-45H2,1-3H3. The van der Waals surface area contributed by atoms with Crippen molar-refractivity contribution in [2.45, 2.75) is 302 Å². The molecule has 0 amide bonds. The summed E-state index contributed by atoms with van der Waals surface area (Å²) in [7, 11) is 0. The zero-order valence-electron chi connectivity index (χ0n) is 35.7. The average Bonchev–Trinajstić information content (AvgIpc) is 3.13. The third-order valence-electron chi connectivity index (χ3n) is 11.5. The first kappa shape index (κ1) is 50.9. The molecule has 0 aromatic rings. The Labute approximate surface area is 323 Å². The summed E-state index contributed by atoms with van der Waals surface area (Å²) in [4.78, 5) is 0. The Bertz CT molecular complexity index is 609. The van der Waals surface area contributed by atoms with Crippen LogP contribution in [0.25, 0.3) is 0 Å². The van der Waals surface area contributed by atoms with Gasteiger partial charge in [0.1, 0.15) is 0 Å². The number of hydrogen-bond acceptors (Lipinski definition) is 3. The van der Waals surface area contributed by atoms with Crippen molar-refractivity contribution in [3.63, 3.8) is 0 Å². The molecule has 3 atom stereocenters. The van der Waals surface area contributed by atoms with E-state index in [-0.39, 0.29) is 18.3 Å². The van der Waals surface area contributed by atoms with Crippen molar-refractivity contribution < 1.29 is 14.9 Å². The Hall–Kier alpha value is -0.120. The molecule has 0 radical (unpaired) electrons. The van der Waals surface area contributed by atoms with Crippen LogP contribution in [-0.2, 0) is 4.74 Å². The highest BCUT2D eigenvalue weighted by Gasteiger charge is 2.19. The molecule has 0 fully saturated rings. The van der Waals surface area contributed by atoms with Crippen LogP contribution in [-0.4, -0.2) is 35.1 Å². The average molecular weight is 723 g/mol. The molecule has 0 heterocycles. The molecule has 0 aliphatic rings. The molecule has 0 bridgehead atoms. The molecule has 0 saturated carbocycles. The predicted molar refractivity (Wildman–Crippen MR) is 228 cm³/mol. The molecule has 0 aliphatic carbocycles. The van der Waals surface area contributed by atoms with Gasteiger partial charge < -0.3 is 14.9 Å². The minimum Gasteiger partial charge on any atom is -0.393 e. The van der Waals surface area contributed by atoms with Gasteiger partial charge in [0.2, 0.25) is 0 Å². The Balaban J connectivity index is 4.08. The number of unbranched alkanes of at least 4 members (excludes halogenated alkanes) is 33. The maximum absolute atomic E-state index is 11.1. The topological polar surface area (TPSA) is 49.7 Å². The summed E-state index contributed by atoms with van der Waals surface area (Å²) in [6.07, 6.45) is 52.8. The van der Waals surface area contributed by atoms with Crippen LogP contribution in [0.5, 0.6) is 0 Å². The molecule has 3 heteroatoms. The number of ether oxygens (including phenoxy) is 1. The van der Waals surface area contributed by atoms with E-state index in [0.717, 1.165) is 58.0 Å². The van der Waals surface area contributed by atoms with E-state index >= 15 is 0 Å². The van der Waals surface area contributed by atoms with Crippen LogP contribution >= 0.6 is 0 Å². The smallest absolute Gasteiger partial charge is 0.0833 e. The molecule has 3 unspecified atom stereocenters. The zero-order chi connectivity index (χ0) is 37.1. The normalized spacial score (nSPS) is 13.6. The van der Waals surface area contributed by atoms with E-state index in [9.17, 15) is 10.2 Å². The van der Waals surface area contributed by atoms with E-state index in [1.165, 1.54) is 212 Å². The summed E-state index contributed by atoms with van der Waals surface area (Å²) in [5.41, 5.74) is 0. The third-order valence-corrected chi connectivity index (χ3v) is 11.5. The van der Waals surface area contributed by atoms with Gasteiger partial charge in [0.05, 0.1) is 18.3 Å². The Morgan fingerprint density at radius 2 is 0.549 bits per heavy atom. The van der Waals surface area contributed by atoms with Gasteiger partial charge in [-0.25, -0.2) is 0 Å². The maximum Gasteiger partial charge on any atom is 0.0833 e. The molecule has 0 spiro atoms. The number of rotatable bonds is 45. The molecular weight excluding hydrogens is 625 g/mol. The second kappa shape index (κ2) is 44.3. The number of aliphatic hydroxyl groups is 2. The molecule has 0 aromatic heterocycles. The first-order valence-electron chi connectivity index (χ1n) is 24.1. The second-order valence-electron chi connectivity index (χ2n) is 16.8. The lowest BCUT2D eigenvalue weighted by Gasteiger charge is -2.24. The molecule has 0 aliphatic heterocycles. The van der Waals surface area contributed by atoms with Crippen LogP contribution in [0, 0.1) is 0 Å². The number of hydrogen-bond donors (Lipinski definition) is 2. The molecule has 0 rings (SSSR count). The van der Waals surface area contributed by atoms with Crippen molar-refractivity contribution in [3.8, 4) is 0 Å². The highest BCUT2D eigenvalue weighted by molar-refractivity contribution is 4.70. The van der Waals surface area contributed by atoms with Gasteiger partial charge in [-0.05, 0) is 32.1 Å². The van der Waals surface area contributed by atoms with Crippen LogP contribution in [0.3, 0.4) is 0 Å². The van der Waals surface area contributed by atoms with Gasteiger partial charge in [-0.1, -0.05) is 252 Å². The van der Waals surface area contributed by atoms with E-state index in [4.69, 9.17) is 4.74 Å². The van der Waals surface area contributed by atoms with E-state index in [0.29, 0.717) is 0 Å². The highest BCUT2D eigenvalue weighted by Crippen LogP contribution is 2.20. The molecular formula is C48H98O3. The molecule has 51 heavy (non-hydrogen) atoms. The van der Waals surface area contributed by atoms with Crippen LogP contribution in [0.2, 0.25) is 0 Å². The lowest BCUT2D eigenvalue weighted by atomic mass is 9.98. The molecule has 308 valence electrons. The van der Waals surface area contributed by atoms with Gasteiger partial charge in [0.25, 0.3) is 0 Å². The van der Waals surface area contributed by atoms with E-state index in [1.54, 1.807) is 0 Å². The summed E-state index contributed by atoms with van der Waals surface area (Å²) in [6, 6.07) is 0. The first-order chi connectivity index (χ1) is 25.2. The lowest BCUT2D eigenvalue weighted by molar-refractivity contribution is -0.0474. The van der Waals surface area contributed by atoms with E-state index < -0.39 is 0 Å². The van der Waals surface area contributed by atoms with Gasteiger partial charge in [-0.3, -0.25) is 0 Å². The Kier molecular flexibility index (Phi) is 44.2. The fourth-order valence-corrected chi connectivity index (χ4v) is 7.86. The third kappa shape index (κ3) is 40.9. The van der Waals surface area contributed by atoms with Crippen LogP contribution < -0.4 is 0 Å². The van der Waals surface area contributed by atoms with Gasteiger partial charge in [0.15, 0.2) is 0 Å². The van der Waals surface area contributed by atoms with Crippen molar-refractivity contribution in [2.24, 2.45) is 0 Å². The largest absolute Gasteiger partial charge is 0.393 e. The van der Waals surface area contributed by atoms with Crippen LogP contribution in [0.1, 0.15) is 284 Å². The summed E-state index contributed by atoms with van der Waals surface area (Å²) < 4.78 is 6.40. The van der Waals surface area contributed by atoms with Gasteiger partial charge in [-0.15, -0.1) is 0 Å². The monoisotopic (exact) mass is 723 g/mol. The molecule has 3 nitrogen and oxygen atoms in total. The summed E-state index contributed by atoms with van der Waals surface area (Å²) in [5, 5.41) is 21.6. The highest BCUT2D eigenvalue weighted by atomic mass is 16.5. The number of aliphatic hydroxyl groups excluding tert-OH is 2. The fraction of sp³-hybridized carbons (Fsp3) is 1.00. The summed E-state index contributed by atoms with van der Waals surface area (Å²) in [6.45, 7) is 7.68. The Morgan fingerprint density at radius 3 is 0.882 bits per heavy atom. The molecule has 0 aromatic carbocycles. The first-order valence-corrected chi connectivity index (χ1v) is 24.1. The van der Waals surface area contributed by atoms with Crippen molar-refractivity contribution >= 4 is 0 Å². The molecule has 0 saturated heterocycles. The minimum absolute atomic E-state index is 0.0131. The van der Waals surface area contributed by atoms with E-state index in [2.05, 4.69) is 20.8 Å². The van der Waals surface area contributed by atoms with Gasteiger partial charge >= 0.3 is 0 Å². The van der Waals surface area contributed by atoms with Crippen molar-refractivity contribution in [3.05, 3.63) is 0 Å². The second-order valence-corrected chi connectivity index (χ2v) is 16.8. The zero-order valence-corrected chi connectivity index (χ0v) is 35.7. The van der Waals surface area contributed by atoms with Gasteiger partial charge in [0, 0.05) is 6.61 Å². The summed E-state index contributed by atoms with van der Waals surface area (Å²) in [5.74, 6) is 0. The minimum atomic E-state index is -0.308. The van der Waals surface area contributed by atoms with Crippen LogP contribution in [0.15, 0.2) is 0 Å². The van der Waals surface area contributed by atoms with Crippen molar-refractivity contribution in [2.75, 3.05) is 6.61 Å².